The Morgan fingerprint density at radius 2 is 2.12 bits per heavy atom. The Hall–Kier alpha value is -1.68. The number of carbonyl (C=O) groups is 1. The zero-order valence-corrected chi connectivity index (χ0v) is 10.2. The van der Waals surface area contributed by atoms with E-state index in [-0.39, 0.29) is 11.5 Å². The van der Waals surface area contributed by atoms with Gasteiger partial charge in [-0.05, 0) is 36.8 Å². The highest BCUT2D eigenvalue weighted by atomic mass is 32.1. The summed E-state index contributed by atoms with van der Waals surface area (Å²) in [5.74, 6) is -0.711. The second kappa shape index (κ2) is 4.67. The van der Waals surface area contributed by atoms with E-state index in [2.05, 4.69) is 0 Å². The molecule has 0 aliphatic rings. The van der Waals surface area contributed by atoms with Crippen LogP contribution in [-0.2, 0) is 6.42 Å². The Morgan fingerprint density at radius 1 is 1.35 bits per heavy atom. The summed E-state index contributed by atoms with van der Waals surface area (Å²) >= 11 is 1.44. The van der Waals surface area contributed by atoms with Gasteiger partial charge in [-0.3, -0.25) is 4.79 Å². The van der Waals surface area contributed by atoms with Crippen LogP contribution in [0.1, 0.15) is 27.0 Å². The maximum Gasteiger partial charge on any atom is 0.203 e. The molecule has 0 saturated carbocycles. The third kappa shape index (κ3) is 2.36. The Labute approximate surface area is 103 Å². The molecule has 88 valence electrons. The summed E-state index contributed by atoms with van der Waals surface area (Å²) in [7, 11) is 0. The molecule has 0 spiro atoms. The molecule has 0 atom stereocenters. The molecule has 0 aliphatic carbocycles. The number of halogens is 1. The van der Waals surface area contributed by atoms with E-state index in [0.29, 0.717) is 10.4 Å². The Balaban J connectivity index is 2.33. The maximum absolute atomic E-state index is 13.3. The molecule has 0 saturated heterocycles. The second-order valence-corrected chi connectivity index (χ2v) is 4.85. The number of benzene rings is 1. The predicted octanol–water partition coefficient (Wildman–Crippen LogP) is 3.26. The molecule has 2 aromatic rings. The van der Waals surface area contributed by atoms with Crippen molar-refractivity contribution in [1.82, 2.24) is 0 Å². The lowest BCUT2D eigenvalue weighted by Crippen LogP contribution is -2.00. The molecule has 1 aromatic carbocycles. The molecular weight excluding hydrogens is 237 g/mol. The molecule has 0 amide bonds. The summed E-state index contributed by atoms with van der Waals surface area (Å²) in [6.07, 6.45) is 0.897. The molecule has 1 heterocycles. The van der Waals surface area contributed by atoms with Gasteiger partial charge in [0.1, 0.15) is 5.82 Å². The Kier molecular flexibility index (Phi) is 3.24. The Morgan fingerprint density at radius 3 is 2.71 bits per heavy atom. The van der Waals surface area contributed by atoms with Crippen molar-refractivity contribution in [1.29, 1.82) is 0 Å². The molecule has 4 heteroatoms. The first kappa shape index (κ1) is 11.8. The van der Waals surface area contributed by atoms with Gasteiger partial charge < -0.3 is 5.73 Å². The monoisotopic (exact) mass is 249 g/mol. The van der Waals surface area contributed by atoms with Gasteiger partial charge in [-0.25, -0.2) is 4.39 Å². The highest BCUT2D eigenvalue weighted by Gasteiger charge is 2.13. The van der Waals surface area contributed by atoms with Gasteiger partial charge in [0.05, 0.1) is 10.6 Å². The first-order valence-corrected chi connectivity index (χ1v) is 6.12. The lowest BCUT2D eigenvalue weighted by Gasteiger charge is -2.00. The van der Waals surface area contributed by atoms with E-state index in [9.17, 15) is 9.18 Å². The molecule has 0 bridgehead atoms. The molecule has 0 unspecified atom stereocenters. The van der Waals surface area contributed by atoms with Crippen LogP contribution in [0.15, 0.2) is 30.3 Å². The van der Waals surface area contributed by atoms with Gasteiger partial charge in [-0.15, -0.1) is 11.3 Å². The number of nitrogen functional groups attached to an aromatic ring is 1. The van der Waals surface area contributed by atoms with Gasteiger partial charge in [-0.2, -0.15) is 0 Å². The molecule has 2 N–H and O–H groups in total. The summed E-state index contributed by atoms with van der Waals surface area (Å²) in [6.45, 7) is 2.03. The summed E-state index contributed by atoms with van der Waals surface area (Å²) in [5, 5.41) is 0. The molecule has 17 heavy (non-hydrogen) atoms. The van der Waals surface area contributed by atoms with E-state index in [1.807, 2.05) is 13.0 Å². The second-order valence-electron chi connectivity index (χ2n) is 3.68. The average molecular weight is 249 g/mol. The van der Waals surface area contributed by atoms with Crippen molar-refractivity contribution in [3.8, 4) is 0 Å². The standard InChI is InChI=1S/C13H12FNOS/c1-2-9-4-6-12(17-9)13(16)8-3-5-11(15)10(14)7-8/h3-7H,2,15H2,1H3. The van der Waals surface area contributed by atoms with Crippen LogP contribution in [0.2, 0.25) is 0 Å². The van der Waals surface area contributed by atoms with Crippen molar-refractivity contribution >= 4 is 22.8 Å². The topological polar surface area (TPSA) is 43.1 Å². The van der Waals surface area contributed by atoms with Crippen LogP contribution >= 0.6 is 11.3 Å². The number of hydrogen-bond donors (Lipinski definition) is 1. The van der Waals surface area contributed by atoms with Crippen molar-refractivity contribution in [3.63, 3.8) is 0 Å². The zero-order valence-electron chi connectivity index (χ0n) is 9.37. The first-order valence-electron chi connectivity index (χ1n) is 5.30. The van der Waals surface area contributed by atoms with Crippen molar-refractivity contribution in [2.45, 2.75) is 13.3 Å². The Bertz CT molecular complexity index is 562. The third-order valence-electron chi connectivity index (χ3n) is 2.50. The fraction of sp³-hybridized carbons (Fsp3) is 0.154. The van der Waals surface area contributed by atoms with Gasteiger partial charge in [0.15, 0.2) is 0 Å². The van der Waals surface area contributed by atoms with Crippen molar-refractivity contribution in [2.24, 2.45) is 0 Å². The first-order chi connectivity index (χ1) is 8.11. The van der Waals surface area contributed by atoms with Gasteiger partial charge in [0.2, 0.25) is 5.78 Å². The van der Waals surface area contributed by atoms with Gasteiger partial charge in [-0.1, -0.05) is 6.92 Å². The predicted molar refractivity (Wildman–Crippen MR) is 67.9 cm³/mol. The molecule has 0 aliphatic heterocycles. The van der Waals surface area contributed by atoms with Crippen LogP contribution in [0.25, 0.3) is 0 Å². The van der Waals surface area contributed by atoms with E-state index >= 15 is 0 Å². The summed E-state index contributed by atoms with van der Waals surface area (Å²) < 4.78 is 13.3. The van der Waals surface area contributed by atoms with Crippen LogP contribution in [0.4, 0.5) is 10.1 Å². The van der Waals surface area contributed by atoms with Crippen molar-refractivity contribution in [3.05, 3.63) is 51.5 Å². The lowest BCUT2D eigenvalue weighted by atomic mass is 10.1. The maximum atomic E-state index is 13.3. The summed E-state index contributed by atoms with van der Waals surface area (Å²) in [4.78, 5) is 13.8. The van der Waals surface area contributed by atoms with Crippen LogP contribution in [-0.4, -0.2) is 5.78 Å². The normalized spacial score (nSPS) is 10.5. The van der Waals surface area contributed by atoms with Crippen LogP contribution in [0, 0.1) is 5.82 Å². The largest absolute Gasteiger partial charge is 0.396 e. The van der Waals surface area contributed by atoms with E-state index in [4.69, 9.17) is 5.73 Å². The van der Waals surface area contributed by atoms with Crippen LogP contribution in [0.3, 0.4) is 0 Å². The zero-order chi connectivity index (χ0) is 12.4. The SMILES string of the molecule is CCc1ccc(C(=O)c2ccc(N)c(F)c2)s1. The van der Waals surface area contributed by atoms with E-state index in [1.165, 1.54) is 23.5 Å². The van der Waals surface area contributed by atoms with Gasteiger partial charge in [0, 0.05) is 10.4 Å². The number of rotatable bonds is 3. The lowest BCUT2D eigenvalue weighted by molar-refractivity contribution is 0.104. The molecular formula is C13H12FNOS. The summed E-state index contributed by atoms with van der Waals surface area (Å²) in [6, 6.07) is 7.84. The van der Waals surface area contributed by atoms with Crippen LogP contribution < -0.4 is 5.73 Å². The highest BCUT2D eigenvalue weighted by Crippen LogP contribution is 2.22. The third-order valence-corrected chi connectivity index (χ3v) is 3.72. The molecule has 0 radical (unpaired) electrons. The smallest absolute Gasteiger partial charge is 0.203 e. The number of thiophene rings is 1. The minimum Gasteiger partial charge on any atom is -0.396 e. The fourth-order valence-corrected chi connectivity index (χ4v) is 2.41. The quantitative estimate of drug-likeness (QED) is 0.670. The molecule has 2 rings (SSSR count). The average Bonchev–Trinajstić information content (AvgIpc) is 2.80. The van der Waals surface area contributed by atoms with E-state index in [1.54, 1.807) is 12.1 Å². The summed E-state index contributed by atoms with van der Waals surface area (Å²) in [5.41, 5.74) is 5.76. The minimum atomic E-state index is -0.553. The van der Waals surface area contributed by atoms with Crippen molar-refractivity contribution in [2.75, 3.05) is 5.73 Å². The highest BCUT2D eigenvalue weighted by molar-refractivity contribution is 7.14. The molecule has 2 nitrogen and oxygen atoms in total. The molecule has 1 aromatic heterocycles. The van der Waals surface area contributed by atoms with Crippen molar-refractivity contribution < 1.29 is 9.18 Å². The fourth-order valence-electron chi connectivity index (χ4n) is 1.50. The number of aryl methyl sites for hydroxylation is 1. The van der Waals surface area contributed by atoms with E-state index < -0.39 is 5.82 Å². The number of carbonyl (C=O) groups excluding carboxylic acids is 1. The minimum absolute atomic E-state index is 0.0574. The number of anilines is 1. The van der Waals surface area contributed by atoms with Gasteiger partial charge >= 0.3 is 0 Å². The van der Waals surface area contributed by atoms with Gasteiger partial charge in [0.25, 0.3) is 0 Å². The number of ketones is 1. The van der Waals surface area contributed by atoms with Crippen LogP contribution in [0.5, 0.6) is 0 Å². The number of nitrogens with two attached hydrogens (primary N) is 1. The molecule has 0 fully saturated rings. The van der Waals surface area contributed by atoms with E-state index in [0.717, 1.165) is 11.3 Å². The number of hydrogen-bond acceptors (Lipinski definition) is 3.